The highest BCUT2D eigenvalue weighted by atomic mass is 16.7. The van der Waals surface area contributed by atoms with E-state index in [9.17, 15) is 9.90 Å². The second-order valence-electron chi connectivity index (χ2n) is 4.07. The van der Waals surface area contributed by atoms with Crippen LogP contribution in [0.2, 0.25) is 0 Å². The van der Waals surface area contributed by atoms with Gasteiger partial charge in [-0.25, -0.2) is 5.06 Å². The fourth-order valence-corrected chi connectivity index (χ4v) is 0.915. The summed E-state index contributed by atoms with van der Waals surface area (Å²) in [7, 11) is 0. The van der Waals surface area contributed by atoms with Crippen LogP contribution in [0.25, 0.3) is 0 Å². The van der Waals surface area contributed by atoms with Gasteiger partial charge in [0.2, 0.25) is 5.91 Å². The van der Waals surface area contributed by atoms with Crippen molar-refractivity contribution in [2.75, 3.05) is 13.2 Å². The van der Waals surface area contributed by atoms with Gasteiger partial charge >= 0.3 is 0 Å². The Hall–Kier alpha value is -1.97. The van der Waals surface area contributed by atoms with Crippen LogP contribution in [0.4, 0.5) is 0 Å². The van der Waals surface area contributed by atoms with Crippen molar-refractivity contribution in [1.29, 1.82) is 0 Å². The summed E-state index contributed by atoms with van der Waals surface area (Å²) in [4.78, 5) is 16.4. The molecule has 0 rings (SSSR count). The number of carbonyl (C=O) groups is 1. The van der Waals surface area contributed by atoms with Crippen LogP contribution in [-0.2, 0) is 9.63 Å². The van der Waals surface area contributed by atoms with E-state index in [4.69, 9.17) is 4.84 Å². The summed E-state index contributed by atoms with van der Waals surface area (Å²) in [5, 5.41) is 10.7. The number of aliphatic hydroxyl groups is 1. The maximum Gasteiger partial charge on any atom is 0.243 e. The van der Waals surface area contributed by atoms with Gasteiger partial charge in [0.1, 0.15) is 6.61 Å². The number of hydroxylamine groups is 2. The third-order valence-corrected chi connectivity index (χ3v) is 1.58. The first-order valence-electron chi connectivity index (χ1n) is 5.40. The largest absolute Gasteiger partial charge is 0.412 e. The van der Waals surface area contributed by atoms with E-state index in [2.05, 4.69) is 35.5 Å². The van der Waals surface area contributed by atoms with Gasteiger partial charge in [0.25, 0.3) is 0 Å². The van der Waals surface area contributed by atoms with Gasteiger partial charge in [0, 0.05) is 6.92 Å². The van der Waals surface area contributed by atoms with E-state index in [1.807, 2.05) is 0 Å². The number of hydrogen-bond acceptors (Lipinski definition) is 3. The minimum Gasteiger partial charge on any atom is -0.412 e. The van der Waals surface area contributed by atoms with Crippen LogP contribution in [0.5, 0.6) is 0 Å². The lowest BCUT2D eigenvalue weighted by molar-refractivity contribution is -0.191. The van der Waals surface area contributed by atoms with E-state index in [-0.39, 0.29) is 24.5 Å². The third kappa shape index (κ3) is 12.3. The minimum atomic E-state index is -1.02. The Bertz CT molecular complexity index is 457. The topological polar surface area (TPSA) is 81.3 Å². The Balaban J connectivity index is 0. The normalized spacial score (nSPS) is 8.47. The van der Waals surface area contributed by atoms with Crippen molar-refractivity contribution in [2.45, 2.75) is 33.3 Å². The fraction of sp³-hybridized carbons (Fsp3) is 0.500. The van der Waals surface area contributed by atoms with Gasteiger partial charge in [-0.1, -0.05) is 11.8 Å². The van der Waals surface area contributed by atoms with Crippen LogP contribution < -0.4 is 0 Å². The van der Waals surface area contributed by atoms with Gasteiger partial charge in [-0.3, -0.25) is 9.63 Å². The molecule has 0 bridgehead atoms. The second-order valence-corrected chi connectivity index (χ2v) is 4.07. The molecule has 0 fully saturated rings. The highest BCUT2D eigenvalue weighted by Gasteiger charge is 2.20. The average Bonchev–Trinajstić information content (AvgIpc) is 2.24. The zero-order valence-electron chi connectivity index (χ0n) is 11.6. The third-order valence-electron chi connectivity index (χ3n) is 1.58. The van der Waals surface area contributed by atoms with Gasteiger partial charge in [0.05, 0.1) is 12.1 Å². The Morgan fingerprint density at radius 1 is 1.26 bits per heavy atom. The Morgan fingerprint density at radius 3 is 2.32 bits per heavy atom. The van der Waals surface area contributed by atoms with Gasteiger partial charge < -0.3 is 10.6 Å². The maximum absolute atomic E-state index is 11.2. The quantitative estimate of drug-likeness (QED) is 0.562. The second kappa shape index (κ2) is 10.00. The number of nitrogens with zero attached hydrogens (tertiary/aromatic N) is 1. The number of rotatable bonds is 4. The molecule has 0 aliphatic rings. The van der Waals surface area contributed by atoms with E-state index in [0.717, 1.165) is 5.06 Å². The summed E-state index contributed by atoms with van der Waals surface area (Å²) in [6.45, 7) is 6.34. The van der Waals surface area contributed by atoms with Crippen molar-refractivity contribution in [3.8, 4) is 35.5 Å². The Morgan fingerprint density at radius 2 is 1.84 bits per heavy atom. The first-order chi connectivity index (χ1) is 8.37. The molecule has 0 aromatic heterocycles. The molecule has 0 unspecified atom stereocenters. The van der Waals surface area contributed by atoms with E-state index in [1.165, 1.54) is 6.92 Å². The minimum absolute atomic E-state index is 0. The monoisotopic (exact) mass is 265 g/mol. The molecule has 3 N–H and O–H groups in total. The van der Waals surface area contributed by atoms with E-state index < -0.39 is 5.60 Å². The van der Waals surface area contributed by atoms with Crippen molar-refractivity contribution in [3.05, 3.63) is 0 Å². The van der Waals surface area contributed by atoms with Crippen molar-refractivity contribution < 1.29 is 20.2 Å². The van der Waals surface area contributed by atoms with Crippen molar-refractivity contribution >= 4 is 5.91 Å². The van der Waals surface area contributed by atoms with Crippen LogP contribution in [0.1, 0.15) is 27.7 Å². The molecule has 104 valence electrons. The van der Waals surface area contributed by atoms with E-state index >= 15 is 0 Å². The summed E-state index contributed by atoms with van der Waals surface area (Å²) in [5.41, 5.74) is -1.02. The van der Waals surface area contributed by atoms with Crippen LogP contribution in [0.15, 0.2) is 0 Å². The van der Waals surface area contributed by atoms with Crippen LogP contribution >= 0.6 is 0 Å². The molecule has 0 aromatic rings. The summed E-state index contributed by atoms with van der Waals surface area (Å²) in [5.74, 6) is 15.1. The van der Waals surface area contributed by atoms with Gasteiger partial charge in [0.15, 0.2) is 0 Å². The summed E-state index contributed by atoms with van der Waals surface area (Å²) >= 11 is 0. The lowest BCUT2D eigenvalue weighted by atomic mass is 10.1. The number of hydrogen-bond donors (Lipinski definition) is 1. The number of carbonyl (C=O) groups excluding carboxylic acids is 1. The first-order valence-corrected chi connectivity index (χ1v) is 5.40. The summed E-state index contributed by atoms with van der Waals surface area (Å²) in [6, 6.07) is 0. The zero-order valence-corrected chi connectivity index (χ0v) is 11.6. The molecule has 5 nitrogen and oxygen atoms in total. The smallest absolute Gasteiger partial charge is 0.243 e. The molecule has 0 aliphatic heterocycles. The van der Waals surface area contributed by atoms with Crippen molar-refractivity contribution in [3.63, 3.8) is 0 Å². The standard InChI is InChI=1S/C14H17NO3.H2O/c1-5-6-7-8-9-10-11-18-15(13(2)16)12-14(3,4)17;/h17H,11-12H2,1-4H3;1H2. The average molecular weight is 265 g/mol. The van der Waals surface area contributed by atoms with Gasteiger partial charge in [-0.2, -0.15) is 0 Å². The molecule has 0 heterocycles. The lowest BCUT2D eigenvalue weighted by Gasteiger charge is -2.26. The first kappa shape index (κ1) is 19.4. The summed E-state index contributed by atoms with van der Waals surface area (Å²) in [6.07, 6.45) is 0. The molecular weight excluding hydrogens is 246 g/mol. The molecule has 1 amide bonds. The molecule has 5 heteroatoms. The van der Waals surface area contributed by atoms with Crippen LogP contribution in [0, 0.1) is 35.5 Å². The fourth-order valence-electron chi connectivity index (χ4n) is 0.915. The van der Waals surface area contributed by atoms with Crippen LogP contribution in [-0.4, -0.2) is 40.3 Å². The van der Waals surface area contributed by atoms with E-state index in [1.54, 1.807) is 20.8 Å². The highest BCUT2D eigenvalue weighted by Crippen LogP contribution is 2.05. The predicted molar refractivity (Wildman–Crippen MR) is 72.3 cm³/mol. The van der Waals surface area contributed by atoms with Crippen molar-refractivity contribution in [1.82, 2.24) is 5.06 Å². The molecule has 0 atom stereocenters. The molecule has 0 radical (unpaired) electrons. The van der Waals surface area contributed by atoms with Crippen molar-refractivity contribution in [2.24, 2.45) is 0 Å². The molecule has 0 spiro atoms. The Labute approximate surface area is 114 Å². The van der Waals surface area contributed by atoms with E-state index in [0.29, 0.717) is 0 Å². The highest BCUT2D eigenvalue weighted by molar-refractivity contribution is 5.72. The van der Waals surface area contributed by atoms with Gasteiger partial charge in [-0.15, -0.1) is 0 Å². The molecule has 0 saturated heterocycles. The number of amides is 1. The Kier molecular flexibility index (Phi) is 10.2. The maximum atomic E-state index is 11.2. The summed E-state index contributed by atoms with van der Waals surface area (Å²) < 4.78 is 0. The molecule has 0 aliphatic carbocycles. The van der Waals surface area contributed by atoms with Crippen LogP contribution in [0.3, 0.4) is 0 Å². The molecule has 19 heavy (non-hydrogen) atoms. The predicted octanol–water partition coefficient (Wildman–Crippen LogP) is -0.257. The van der Waals surface area contributed by atoms with Gasteiger partial charge in [-0.05, 0) is 44.5 Å². The SMILES string of the molecule is CC#CC#CC#CCON(CC(C)(C)O)C(C)=O.O. The zero-order chi connectivity index (χ0) is 14.0. The molecule has 0 saturated carbocycles. The lowest BCUT2D eigenvalue weighted by Crippen LogP contribution is -2.41. The molecular formula is C14H19NO4. The molecule has 0 aromatic carbocycles.